The fraction of sp³-hybridized carbons (Fsp3) is 0.235. The van der Waals surface area contributed by atoms with Crippen LogP contribution in [0.25, 0.3) is 0 Å². The zero-order valence-corrected chi connectivity index (χ0v) is 15.9. The molecule has 0 radical (unpaired) electrons. The van der Waals surface area contributed by atoms with Crippen molar-refractivity contribution in [2.24, 2.45) is 0 Å². The van der Waals surface area contributed by atoms with Gasteiger partial charge in [0, 0.05) is 6.42 Å². The third kappa shape index (κ3) is 5.10. The van der Waals surface area contributed by atoms with Crippen LogP contribution in [0.2, 0.25) is 0 Å². The van der Waals surface area contributed by atoms with E-state index in [0.717, 1.165) is 17.7 Å². The number of hydrogen-bond acceptors (Lipinski definition) is 5. The van der Waals surface area contributed by atoms with Gasteiger partial charge >= 0.3 is 5.76 Å². The molecule has 0 spiro atoms. The number of carbonyl (C=O) groups is 1. The maximum atomic E-state index is 12.8. The van der Waals surface area contributed by atoms with Gasteiger partial charge in [-0.1, -0.05) is 29.8 Å². The highest BCUT2D eigenvalue weighted by atomic mass is 32.2. The Labute approximate surface area is 156 Å². The van der Waals surface area contributed by atoms with Crippen molar-refractivity contribution in [3.63, 3.8) is 0 Å². The predicted octanol–water partition coefficient (Wildman–Crippen LogP) is 2.79. The molecule has 0 fully saturated rings. The van der Waals surface area contributed by atoms with E-state index in [1.165, 1.54) is 24.3 Å². The molecule has 27 heavy (non-hydrogen) atoms. The number of benzene rings is 2. The maximum Gasteiger partial charge on any atom is 0.341 e. The van der Waals surface area contributed by atoms with Crippen molar-refractivity contribution in [2.75, 3.05) is 11.1 Å². The molecule has 146 valence electrons. The quantitative estimate of drug-likeness (QED) is 0.747. The maximum absolute atomic E-state index is 12.8. The first kappa shape index (κ1) is 21.0. The Morgan fingerprint density at radius 1 is 1.00 bits per heavy atom. The molecule has 1 amide bonds. The lowest BCUT2D eigenvalue weighted by Crippen LogP contribution is -2.20. The number of nitrogens with one attached hydrogen (secondary N) is 1. The Bertz CT molecular complexity index is 1030. The van der Waals surface area contributed by atoms with E-state index in [1.54, 1.807) is 19.1 Å². The molecule has 0 saturated heterocycles. The van der Waals surface area contributed by atoms with Gasteiger partial charge in [-0.25, -0.2) is 16.8 Å². The number of alkyl halides is 2. The van der Waals surface area contributed by atoms with E-state index in [0.29, 0.717) is 0 Å². The van der Waals surface area contributed by atoms with E-state index >= 15 is 0 Å². The molecule has 0 bridgehead atoms. The van der Waals surface area contributed by atoms with Crippen molar-refractivity contribution in [3.8, 4) is 0 Å². The summed E-state index contributed by atoms with van der Waals surface area (Å²) in [5.41, 5.74) is 0.555. The molecule has 0 aliphatic carbocycles. The monoisotopic (exact) mass is 417 g/mol. The first-order valence-electron chi connectivity index (χ1n) is 7.74. The molecular weight excluding hydrogens is 400 g/mol. The lowest BCUT2D eigenvalue weighted by Gasteiger charge is -2.11. The van der Waals surface area contributed by atoms with Crippen LogP contribution in [0.15, 0.2) is 58.3 Å². The Kier molecular flexibility index (Phi) is 6.32. The summed E-state index contributed by atoms with van der Waals surface area (Å²) in [5.74, 6) is -4.95. The van der Waals surface area contributed by atoms with Crippen LogP contribution in [-0.2, 0) is 24.5 Å². The number of anilines is 1. The van der Waals surface area contributed by atoms with Crippen LogP contribution in [0.1, 0.15) is 12.0 Å². The summed E-state index contributed by atoms with van der Waals surface area (Å²) in [6.07, 6.45) is -0.459. The fourth-order valence-electron chi connectivity index (χ4n) is 2.22. The van der Waals surface area contributed by atoms with Crippen LogP contribution in [0, 0.1) is 6.92 Å². The molecule has 1 N–H and O–H groups in total. The Morgan fingerprint density at radius 3 is 2.19 bits per heavy atom. The largest absolute Gasteiger partial charge is 0.341 e. The molecule has 0 atom stereocenters. The molecule has 0 heterocycles. The van der Waals surface area contributed by atoms with Gasteiger partial charge in [-0.2, -0.15) is 8.78 Å². The third-order valence-electron chi connectivity index (χ3n) is 3.68. The number of rotatable bonds is 7. The van der Waals surface area contributed by atoms with Gasteiger partial charge in [0.25, 0.3) is 0 Å². The second-order valence-electron chi connectivity index (χ2n) is 5.73. The van der Waals surface area contributed by atoms with Crippen molar-refractivity contribution in [3.05, 3.63) is 54.1 Å². The minimum Gasteiger partial charge on any atom is -0.325 e. The van der Waals surface area contributed by atoms with E-state index in [2.05, 4.69) is 5.32 Å². The van der Waals surface area contributed by atoms with E-state index in [4.69, 9.17) is 0 Å². The molecule has 6 nitrogen and oxygen atoms in total. The smallest absolute Gasteiger partial charge is 0.325 e. The number of amides is 1. The zero-order valence-electron chi connectivity index (χ0n) is 14.2. The number of halogens is 2. The van der Waals surface area contributed by atoms with Crippen LogP contribution in [0.5, 0.6) is 0 Å². The van der Waals surface area contributed by atoms with Crippen molar-refractivity contribution in [1.29, 1.82) is 0 Å². The predicted molar refractivity (Wildman–Crippen MR) is 96.1 cm³/mol. The first-order chi connectivity index (χ1) is 12.5. The van der Waals surface area contributed by atoms with E-state index in [1.807, 2.05) is 0 Å². The van der Waals surface area contributed by atoms with Crippen LogP contribution in [0.4, 0.5) is 14.5 Å². The Hall–Kier alpha value is -2.33. The summed E-state index contributed by atoms with van der Waals surface area (Å²) < 4.78 is 73.3. The zero-order chi connectivity index (χ0) is 20.2. The lowest BCUT2D eigenvalue weighted by molar-refractivity contribution is -0.115. The van der Waals surface area contributed by atoms with Crippen molar-refractivity contribution >= 4 is 31.3 Å². The SMILES string of the molecule is Cc1ccc(S(=O)(=O)CCC(=O)Nc2ccccc2S(=O)(=O)C(F)F)cc1. The van der Waals surface area contributed by atoms with Crippen molar-refractivity contribution < 1.29 is 30.4 Å². The minimum atomic E-state index is -4.91. The second kappa shape index (κ2) is 8.13. The second-order valence-corrected chi connectivity index (χ2v) is 9.73. The summed E-state index contributed by atoms with van der Waals surface area (Å²) >= 11 is 0. The van der Waals surface area contributed by atoms with Gasteiger partial charge in [0.05, 0.1) is 21.2 Å². The number of para-hydroxylation sites is 1. The summed E-state index contributed by atoms with van der Waals surface area (Å²) in [6.45, 7) is 1.80. The van der Waals surface area contributed by atoms with Gasteiger partial charge in [0.1, 0.15) is 0 Å². The molecule has 0 aromatic heterocycles. The van der Waals surface area contributed by atoms with Gasteiger partial charge in [-0.05, 0) is 31.2 Å². The molecule has 0 unspecified atom stereocenters. The summed E-state index contributed by atoms with van der Waals surface area (Å²) in [6, 6.07) is 10.8. The normalized spacial score (nSPS) is 12.1. The van der Waals surface area contributed by atoms with Crippen molar-refractivity contribution in [1.82, 2.24) is 0 Å². The number of sulfone groups is 2. The van der Waals surface area contributed by atoms with Crippen LogP contribution < -0.4 is 5.32 Å². The number of hydrogen-bond donors (Lipinski definition) is 1. The molecule has 2 aromatic rings. The highest BCUT2D eigenvalue weighted by molar-refractivity contribution is 7.92. The average Bonchev–Trinajstić information content (AvgIpc) is 2.60. The molecule has 2 rings (SSSR count). The van der Waals surface area contributed by atoms with Crippen molar-refractivity contribution in [2.45, 2.75) is 28.9 Å². The molecule has 0 saturated carbocycles. The first-order valence-corrected chi connectivity index (χ1v) is 10.9. The van der Waals surface area contributed by atoms with Crippen LogP contribution >= 0.6 is 0 Å². The number of carbonyl (C=O) groups excluding carboxylic acids is 1. The number of aryl methyl sites for hydroxylation is 1. The molecule has 10 heteroatoms. The van der Waals surface area contributed by atoms with E-state index in [-0.39, 0.29) is 10.6 Å². The molecule has 2 aromatic carbocycles. The summed E-state index contributed by atoms with van der Waals surface area (Å²) in [7, 11) is -8.63. The van der Waals surface area contributed by atoms with Gasteiger partial charge < -0.3 is 5.32 Å². The third-order valence-corrected chi connectivity index (χ3v) is 6.85. The highest BCUT2D eigenvalue weighted by Crippen LogP contribution is 2.26. The van der Waals surface area contributed by atoms with Crippen LogP contribution in [-0.4, -0.2) is 34.3 Å². The summed E-state index contributed by atoms with van der Waals surface area (Å²) in [4.78, 5) is 11.4. The van der Waals surface area contributed by atoms with Gasteiger partial charge in [-0.3, -0.25) is 4.79 Å². The average molecular weight is 417 g/mol. The topological polar surface area (TPSA) is 97.4 Å². The Morgan fingerprint density at radius 2 is 1.59 bits per heavy atom. The van der Waals surface area contributed by atoms with E-state index < -0.39 is 48.4 Å². The molecule has 0 aliphatic heterocycles. The van der Waals surface area contributed by atoms with Gasteiger partial charge in [-0.15, -0.1) is 0 Å². The fourth-order valence-corrected chi connectivity index (χ4v) is 4.34. The van der Waals surface area contributed by atoms with Gasteiger partial charge in [0.15, 0.2) is 9.84 Å². The van der Waals surface area contributed by atoms with E-state index in [9.17, 15) is 30.4 Å². The van der Waals surface area contributed by atoms with Gasteiger partial charge in [0.2, 0.25) is 15.7 Å². The molecular formula is C17H17F2NO5S2. The standard InChI is InChI=1S/C17H17F2NO5S2/c1-12-6-8-13(9-7-12)26(22,23)11-10-16(21)20-14-4-2-3-5-15(14)27(24,25)17(18)19/h2-9,17H,10-11H2,1H3,(H,20,21). The van der Waals surface area contributed by atoms with Crippen LogP contribution in [0.3, 0.4) is 0 Å². The molecule has 0 aliphatic rings. The Balaban J connectivity index is 2.12. The highest BCUT2D eigenvalue weighted by Gasteiger charge is 2.29. The minimum absolute atomic E-state index is 0.0570. The lowest BCUT2D eigenvalue weighted by atomic mass is 10.2. The summed E-state index contributed by atoms with van der Waals surface area (Å²) in [5, 5.41) is 2.19.